The van der Waals surface area contributed by atoms with Crippen LogP contribution in [0, 0.1) is 5.92 Å². The molecule has 2 amide bonds. The van der Waals surface area contributed by atoms with Crippen molar-refractivity contribution in [2.75, 3.05) is 23.6 Å². The van der Waals surface area contributed by atoms with Gasteiger partial charge in [-0.05, 0) is 29.8 Å². The second-order valence-corrected chi connectivity index (χ2v) is 8.70. The number of benzene rings is 2. The molecule has 8 heteroatoms. The average Bonchev–Trinajstić information content (AvgIpc) is 3.53. The monoisotopic (exact) mass is 446 g/mol. The Kier molecular flexibility index (Phi) is 5.50. The SMILES string of the molecule is CC(C)c1nccn1Cc1cccc(NC(=O)C2CC(=O)N(c3ccc4c(c3)OCO4)C2)c1. The maximum absolute atomic E-state index is 12.9. The van der Waals surface area contributed by atoms with Crippen LogP contribution < -0.4 is 19.7 Å². The first-order valence-electron chi connectivity index (χ1n) is 11.1. The maximum Gasteiger partial charge on any atom is 0.231 e. The van der Waals surface area contributed by atoms with Crippen molar-refractivity contribution in [1.29, 1.82) is 0 Å². The number of amides is 2. The van der Waals surface area contributed by atoms with Crippen molar-refractivity contribution in [1.82, 2.24) is 9.55 Å². The number of rotatable bonds is 6. The number of hydrogen-bond donors (Lipinski definition) is 1. The molecule has 2 aliphatic heterocycles. The largest absolute Gasteiger partial charge is 0.454 e. The van der Waals surface area contributed by atoms with Crippen molar-refractivity contribution >= 4 is 23.2 Å². The van der Waals surface area contributed by atoms with Crippen LogP contribution in [0.4, 0.5) is 11.4 Å². The van der Waals surface area contributed by atoms with Crippen molar-refractivity contribution in [2.45, 2.75) is 32.7 Å². The highest BCUT2D eigenvalue weighted by molar-refractivity contribution is 6.03. The van der Waals surface area contributed by atoms with Gasteiger partial charge in [0.1, 0.15) is 5.82 Å². The van der Waals surface area contributed by atoms with Gasteiger partial charge >= 0.3 is 0 Å². The molecule has 2 aromatic carbocycles. The zero-order valence-electron chi connectivity index (χ0n) is 18.7. The second kappa shape index (κ2) is 8.61. The van der Waals surface area contributed by atoms with Crippen LogP contribution in [0.2, 0.25) is 0 Å². The van der Waals surface area contributed by atoms with E-state index >= 15 is 0 Å². The van der Waals surface area contributed by atoms with Gasteiger partial charge in [0.2, 0.25) is 18.6 Å². The summed E-state index contributed by atoms with van der Waals surface area (Å²) in [4.78, 5) is 31.6. The number of hydrogen-bond acceptors (Lipinski definition) is 5. The van der Waals surface area contributed by atoms with E-state index in [0.29, 0.717) is 36.2 Å². The van der Waals surface area contributed by atoms with Crippen LogP contribution in [0.5, 0.6) is 11.5 Å². The fourth-order valence-corrected chi connectivity index (χ4v) is 4.33. The van der Waals surface area contributed by atoms with Crippen LogP contribution in [0.1, 0.15) is 37.6 Å². The number of carbonyl (C=O) groups is 2. The average molecular weight is 447 g/mol. The number of aromatic nitrogens is 2. The lowest BCUT2D eigenvalue weighted by atomic mass is 10.1. The van der Waals surface area contributed by atoms with Crippen molar-refractivity contribution in [3.05, 3.63) is 66.2 Å². The summed E-state index contributed by atoms with van der Waals surface area (Å²) in [5.41, 5.74) is 2.50. The molecule has 0 bridgehead atoms. The Labute approximate surface area is 192 Å². The smallest absolute Gasteiger partial charge is 0.231 e. The standard InChI is InChI=1S/C25H26N4O4/c1-16(2)24-26-8-9-28(24)13-17-4-3-5-19(10-17)27-25(31)18-11-23(30)29(14-18)20-6-7-21-22(12-20)33-15-32-21/h3-10,12,16,18H,11,13-15H2,1-2H3,(H,27,31). The minimum absolute atomic E-state index is 0.0795. The zero-order valence-corrected chi connectivity index (χ0v) is 18.7. The summed E-state index contributed by atoms with van der Waals surface area (Å²) in [6.45, 7) is 5.42. The first-order chi connectivity index (χ1) is 16.0. The first-order valence-corrected chi connectivity index (χ1v) is 11.1. The Hall–Kier alpha value is -3.81. The summed E-state index contributed by atoms with van der Waals surface area (Å²) >= 11 is 0. The third kappa shape index (κ3) is 4.28. The van der Waals surface area contributed by atoms with Gasteiger partial charge in [0, 0.05) is 55.3 Å². The predicted molar refractivity (Wildman–Crippen MR) is 124 cm³/mol. The number of imidazole rings is 1. The van der Waals surface area contributed by atoms with Gasteiger partial charge in [-0.3, -0.25) is 9.59 Å². The van der Waals surface area contributed by atoms with Gasteiger partial charge in [-0.1, -0.05) is 26.0 Å². The summed E-state index contributed by atoms with van der Waals surface area (Å²) in [7, 11) is 0. The fraction of sp³-hybridized carbons (Fsp3) is 0.320. The topological polar surface area (TPSA) is 85.7 Å². The summed E-state index contributed by atoms with van der Waals surface area (Å²) in [6, 6.07) is 13.2. The van der Waals surface area contributed by atoms with Gasteiger partial charge < -0.3 is 24.3 Å². The lowest BCUT2D eigenvalue weighted by Gasteiger charge is -2.17. The van der Waals surface area contributed by atoms with Crippen LogP contribution in [0.25, 0.3) is 0 Å². The molecule has 0 radical (unpaired) electrons. The molecule has 1 unspecified atom stereocenters. The highest BCUT2D eigenvalue weighted by Crippen LogP contribution is 2.37. The molecular weight excluding hydrogens is 420 g/mol. The van der Waals surface area contributed by atoms with E-state index in [0.717, 1.165) is 17.1 Å². The Morgan fingerprint density at radius 2 is 2.03 bits per heavy atom. The van der Waals surface area contributed by atoms with E-state index in [1.54, 1.807) is 17.0 Å². The van der Waals surface area contributed by atoms with Gasteiger partial charge in [-0.15, -0.1) is 0 Å². The lowest BCUT2D eigenvalue weighted by Crippen LogP contribution is -2.28. The lowest BCUT2D eigenvalue weighted by molar-refractivity contribution is -0.122. The van der Waals surface area contributed by atoms with Gasteiger partial charge in [-0.25, -0.2) is 4.98 Å². The first kappa shape index (κ1) is 21.1. The molecule has 1 saturated heterocycles. The van der Waals surface area contributed by atoms with E-state index in [1.165, 1.54) is 0 Å². The number of anilines is 2. The van der Waals surface area contributed by atoms with E-state index in [9.17, 15) is 9.59 Å². The normalized spacial score (nSPS) is 17.1. The van der Waals surface area contributed by atoms with Crippen molar-refractivity contribution in [3.8, 4) is 11.5 Å². The molecule has 3 aromatic rings. The van der Waals surface area contributed by atoms with Crippen molar-refractivity contribution in [2.24, 2.45) is 5.92 Å². The minimum atomic E-state index is -0.423. The molecule has 170 valence electrons. The van der Waals surface area contributed by atoms with Crippen LogP contribution in [-0.2, 0) is 16.1 Å². The van der Waals surface area contributed by atoms with E-state index in [1.807, 2.05) is 42.7 Å². The Morgan fingerprint density at radius 3 is 2.88 bits per heavy atom. The molecule has 3 heterocycles. The van der Waals surface area contributed by atoms with Crippen molar-refractivity contribution in [3.63, 3.8) is 0 Å². The summed E-state index contributed by atoms with van der Waals surface area (Å²) < 4.78 is 12.9. The number of nitrogens with one attached hydrogen (secondary N) is 1. The number of carbonyl (C=O) groups excluding carboxylic acids is 2. The van der Waals surface area contributed by atoms with E-state index in [-0.39, 0.29) is 25.0 Å². The van der Waals surface area contributed by atoms with Crippen LogP contribution in [-0.4, -0.2) is 34.7 Å². The third-order valence-corrected chi connectivity index (χ3v) is 5.98. The molecule has 0 spiro atoms. The summed E-state index contributed by atoms with van der Waals surface area (Å²) in [5.74, 6) is 1.97. The third-order valence-electron chi connectivity index (χ3n) is 5.98. The van der Waals surface area contributed by atoms with Gasteiger partial charge in [0.05, 0.1) is 5.92 Å². The Balaban J connectivity index is 1.25. The fourth-order valence-electron chi connectivity index (χ4n) is 4.33. The Bertz CT molecular complexity index is 1200. The van der Waals surface area contributed by atoms with Crippen LogP contribution in [0.3, 0.4) is 0 Å². The van der Waals surface area contributed by atoms with Crippen molar-refractivity contribution < 1.29 is 19.1 Å². The van der Waals surface area contributed by atoms with E-state index in [4.69, 9.17) is 9.47 Å². The van der Waals surface area contributed by atoms with Gasteiger partial charge in [0.15, 0.2) is 11.5 Å². The molecule has 33 heavy (non-hydrogen) atoms. The van der Waals surface area contributed by atoms with Crippen LogP contribution in [0.15, 0.2) is 54.9 Å². The highest BCUT2D eigenvalue weighted by atomic mass is 16.7. The molecule has 0 aliphatic carbocycles. The molecule has 0 saturated carbocycles. The number of fused-ring (bicyclic) bond motifs is 1. The van der Waals surface area contributed by atoms with Gasteiger partial charge in [0.25, 0.3) is 0 Å². The molecule has 1 atom stereocenters. The Morgan fingerprint density at radius 1 is 1.18 bits per heavy atom. The highest BCUT2D eigenvalue weighted by Gasteiger charge is 2.35. The van der Waals surface area contributed by atoms with Gasteiger partial charge in [-0.2, -0.15) is 0 Å². The summed E-state index contributed by atoms with van der Waals surface area (Å²) in [6.07, 6.45) is 3.95. The zero-order chi connectivity index (χ0) is 22.9. The second-order valence-electron chi connectivity index (χ2n) is 8.70. The molecule has 1 fully saturated rings. The molecule has 8 nitrogen and oxygen atoms in total. The summed E-state index contributed by atoms with van der Waals surface area (Å²) in [5, 5.41) is 2.99. The van der Waals surface area contributed by atoms with Crippen LogP contribution >= 0.6 is 0 Å². The maximum atomic E-state index is 12.9. The van der Waals surface area contributed by atoms with E-state index in [2.05, 4.69) is 28.7 Å². The van der Waals surface area contributed by atoms with E-state index < -0.39 is 5.92 Å². The number of ether oxygens (including phenoxy) is 2. The molecule has 2 aliphatic rings. The molecule has 5 rings (SSSR count). The quantitative estimate of drug-likeness (QED) is 0.623. The minimum Gasteiger partial charge on any atom is -0.454 e. The molecule has 1 N–H and O–H groups in total. The number of nitrogens with zero attached hydrogens (tertiary/aromatic N) is 3. The molecule has 1 aromatic heterocycles. The molecular formula is C25H26N4O4. The predicted octanol–water partition coefficient (Wildman–Crippen LogP) is 3.78.